The SMILES string of the molecule is Cc1cc(C[C@@H](NC(=O)N2CCC(c3cc4ccccc4[nH]c3=O)CC2)C(=O)N2CCN(C3CCN(C)CC3)CC2)cc2cnn(COC(=O)C(C)(C)c3ccccc3)c12.O=C(O)C(F)(F)F. The monoisotopic (exact) mass is 928 g/mol. The van der Waals surface area contributed by atoms with E-state index >= 15 is 0 Å². The second-order valence-corrected chi connectivity index (χ2v) is 18.4. The fourth-order valence-electron chi connectivity index (χ4n) is 9.44. The van der Waals surface area contributed by atoms with E-state index in [1.165, 1.54) is 0 Å². The molecule has 3 fully saturated rings. The second kappa shape index (κ2) is 20.7. The minimum atomic E-state index is -5.08. The van der Waals surface area contributed by atoms with Gasteiger partial charge in [-0.1, -0.05) is 54.6 Å². The van der Waals surface area contributed by atoms with Gasteiger partial charge in [-0.2, -0.15) is 18.3 Å². The lowest BCUT2D eigenvalue weighted by atomic mass is 9.85. The standard InChI is InChI=1S/C47H58N8O5.C2HF3O2/c1-32-26-33(27-36-30-48-55(42(32)36)31-60-45(58)47(2,3)37-11-6-5-7-12-37)28-41(44(57)53-24-22-52(23-25-53)38-16-18-51(4)19-17-38)50-46(59)54-20-14-34(15-21-54)39-29-35-10-8-9-13-40(35)49-43(39)56;3-2(4,5)1(6)7/h5-13,26-27,29-30,34,38,41H,14-25,28,31H2,1-4H3,(H,49,56)(H,50,59);(H,6,7)/t41-;/m1./s1. The van der Waals surface area contributed by atoms with Crippen LogP contribution < -0.4 is 10.9 Å². The summed E-state index contributed by atoms with van der Waals surface area (Å²) in [6.45, 7) is 11.7. The number of piperazine rings is 1. The lowest BCUT2D eigenvalue weighted by Gasteiger charge is -2.43. The number of carboxylic acid groups (broad SMARTS) is 1. The molecule has 0 unspecified atom stereocenters. The van der Waals surface area contributed by atoms with Gasteiger partial charge in [0.15, 0.2) is 6.73 Å². The van der Waals surface area contributed by atoms with E-state index in [1.54, 1.807) is 15.8 Å². The van der Waals surface area contributed by atoms with Gasteiger partial charge in [0.1, 0.15) is 6.04 Å². The molecule has 3 amide bonds. The van der Waals surface area contributed by atoms with Crippen LogP contribution in [-0.2, 0) is 37.7 Å². The molecule has 0 saturated carbocycles. The number of fused-ring (bicyclic) bond motifs is 2. The van der Waals surface area contributed by atoms with Crippen molar-refractivity contribution in [1.82, 2.24) is 39.7 Å². The van der Waals surface area contributed by atoms with E-state index in [9.17, 15) is 32.3 Å². The van der Waals surface area contributed by atoms with Crippen LogP contribution in [0.25, 0.3) is 21.8 Å². The number of carboxylic acids is 1. The molecule has 0 aliphatic carbocycles. The maximum absolute atomic E-state index is 14.5. The number of carbonyl (C=O) groups excluding carboxylic acids is 3. The molecule has 3 saturated heterocycles. The van der Waals surface area contributed by atoms with Gasteiger partial charge in [0.05, 0.1) is 17.1 Å². The number of amides is 3. The topological polar surface area (TPSA) is 173 Å². The number of aryl methyl sites for hydroxylation is 1. The van der Waals surface area contributed by atoms with Crippen LogP contribution in [0.4, 0.5) is 18.0 Å². The number of carbonyl (C=O) groups is 4. The zero-order valence-electron chi connectivity index (χ0n) is 38.4. The number of rotatable bonds is 10. The Kier molecular flexibility index (Phi) is 15.0. The number of aliphatic carboxylic acids is 1. The lowest BCUT2D eigenvalue weighted by molar-refractivity contribution is -0.192. The highest BCUT2D eigenvalue weighted by Crippen LogP contribution is 2.29. The Morgan fingerprint density at radius 1 is 0.851 bits per heavy atom. The molecule has 3 N–H and O–H groups in total. The van der Waals surface area contributed by atoms with Gasteiger partial charge in [0, 0.05) is 68.2 Å². The molecule has 15 nitrogen and oxygen atoms in total. The smallest absolute Gasteiger partial charge is 0.475 e. The number of alkyl halides is 3. The molecule has 3 aliphatic heterocycles. The van der Waals surface area contributed by atoms with Crippen molar-refractivity contribution < 1.29 is 42.2 Å². The van der Waals surface area contributed by atoms with E-state index in [0.717, 1.165) is 83.1 Å². The number of benzene rings is 3. The molecule has 18 heteroatoms. The summed E-state index contributed by atoms with van der Waals surface area (Å²) in [5, 5.41) is 16.7. The van der Waals surface area contributed by atoms with Crippen molar-refractivity contribution in [2.24, 2.45) is 0 Å². The number of aromatic amines is 1. The molecule has 0 radical (unpaired) electrons. The Morgan fingerprint density at radius 2 is 1.49 bits per heavy atom. The van der Waals surface area contributed by atoms with Crippen molar-refractivity contribution in [1.29, 1.82) is 0 Å². The zero-order valence-corrected chi connectivity index (χ0v) is 38.4. The first kappa shape index (κ1) is 48.7. The highest BCUT2D eigenvalue weighted by molar-refractivity contribution is 5.88. The minimum absolute atomic E-state index is 0.0363. The summed E-state index contributed by atoms with van der Waals surface area (Å²) in [5.41, 5.74) is 4.20. The van der Waals surface area contributed by atoms with Crippen LogP contribution in [0.3, 0.4) is 0 Å². The van der Waals surface area contributed by atoms with Gasteiger partial charge in [0.25, 0.3) is 5.56 Å². The van der Waals surface area contributed by atoms with E-state index in [2.05, 4.69) is 32.2 Å². The first-order valence-electron chi connectivity index (χ1n) is 22.8. The van der Waals surface area contributed by atoms with Crippen LogP contribution in [-0.4, -0.2) is 141 Å². The van der Waals surface area contributed by atoms with E-state index < -0.39 is 23.6 Å². The highest BCUT2D eigenvalue weighted by Gasteiger charge is 2.38. The molecule has 3 aromatic carbocycles. The highest BCUT2D eigenvalue weighted by atomic mass is 19.4. The number of urea groups is 1. The van der Waals surface area contributed by atoms with Crippen LogP contribution in [0.15, 0.2) is 83.8 Å². The van der Waals surface area contributed by atoms with Gasteiger partial charge in [-0.15, -0.1) is 0 Å². The van der Waals surface area contributed by atoms with Crippen LogP contribution in [0.1, 0.15) is 67.7 Å². The average molecular weight is 929 g/mol. The van der Waals surface area contributed by atoms with Crippen molar-refractivity contribution in [3.8, 4) is 0 Å². The van der Waals surface area contributed by atoms with Crippen LogP contribution >= 0.6 is 0 Å². The molecule has 0 spiro atoms. The first-order valence-corrected chi connectivity index (χ1v) is 22.8. The van der Waals surface area contributed by atoms with E-state index in [0.29, 0.717) is 51.5 Å². The van der Waals surface area contributed by atoms with Crippen LogP contribution in [0.5, 0.6) is 0 Å². The predicted octanol–water partition coefficient (Wildman–Crippen LogP) is 6.04. The number of esters is 1. The summed E-state index contributed by atoms with van der Waals surface area (Å²) in [6.07, 6.45) is 0.578. The van der Waals surface area contributed by atoms with Gasteiger partial charge in [-0.3, -0.25) is 19.3 Å². The summed E-state index contributed by atoms with van der Waals surface area (Å²) in [7, 11) is 2.17. The number of hydrogen-bond acceptors (Lipinski definition) is 9. The molecular formula is C49H59F3N8O7. The van der Waals surface area contributed by atoms with Crippen molar-refractivity contribution in [2.45, 2.75) is 89.2 Å². The third-order valence-corrected chi connectivity index (χ3v) is 13.4. The number of aromatic nitrogens is 3. The van der Waals surface area contributed by atoms with Crippen LogP contribution in [0, 0.1) is 6.92 Å². The fraction of sp³-hybridized carbons (Fsp3) is 0.469. The Labute approximate surface area is 386 Å². The second-order valence-electron chi connectivity index (χ2n) is 18.4. The maximum atomic E-state index is 14.5. The largest absolute Gasteiger partial charge is 0.490 e. The number of likely N-dealkylation sites (tertiary alicyclic amines) is 2. The molecule has 2 aromatic heterocycles. The molecule has 8 rings (SSSR count). The molecular weight excluding hydrogens is 870 g/mol. The Bertz CT molecular complexity index is 2610. The quantitative estimate of drug-likeness (QED) is 0.140. The van der Waals surface area contributed by atoms with Gasteiger partial charge >= 0.3 is 24.1 Å². The predicted molar refractivity (Wildman–Crippen MR) is 247 cm³/mol. The van der Waals surface area contributed by atoms with Crippen molar-refractivity contribution in [3.63, 3.8) is 0 Å². The maximum Gasteiger partial charge on any atom is 0.490 e. The molecule has 1 atom stereocenters. The number of halogens is 3. The van der Waals surface area contributed by atoms with Crippen molar-refractivity contribution in [3.05, 3.63) is 112 Å². The Hall–Kier alpha value is -6.27. The summed E-state index contributed by atoms with van der Waals surface area (Å²) < 4.78 is 39.2. The number of para-hydroxylation sites is 1. The minimum Gasteiger partial charge on any atom is -0.475 e. The summed E-state index contributed by atoms with van der Waals surface area (Å²) in [4.78, 5) is 75.3. The van der Waals surface area contributed by atoms with Crippen LogP contribution in [0.2, 0.25) is 0 Å². The number of hydrogen-bond donors (Lipinski definition) is 3. The van der Waals surface area contributed by atoms with E-state index in [-0.39, 0.29) is 36.1 Å². The van der Waals surface area contributed by atoms with Gasteiger partial charge in [0.2, 0.25) is 5.91 Å². The molecule has 358 valence electrons. The van der Waals surface area contributed by atoms with Gasteiger partial charge < -0.3 is 34.8 Å². The number of piperidine rings is 2. The molecule has 0 bridgehead atoms. The third kappa shape index (κ3) is 11.6. The number of nitrogens with one attached hydrogen (secondary N) is 2. The Morgan fingerprint density at radius 3 is 2.15 bits per heavy atom. The molecule has 3 aliphatic rings. The van der Waals surface area contributed by atoms with Crippen molar-refractivity contribution >= 4 is 45.7 Å². The van der Waals surface area contributed by atoms with Gasteiger partial charge in [-0.25, -0.2) is 14.3 Å². The van der Waals surface area contributed by atoms with E-state index in [4.69, 9.17) is 14.6 Å². The zero-order chi connectivity index (χ0) is 48.0. The summed E-state index contributed by atoms with van der Waals surface area (Å²) >= 11 is 0. The normalized spacial score (nSPS) is 17.5. The van der Waals surface area contributed by atoms with Crippen molar-refractivity contribution in [2.75, 3.05) is 59.4 Å². The number of ether oxygens (including phenoxy) is 1. The Balaban J connectivity index is 0.000000883. The molecule has 5 aromatic rings. The van der Waals surface area contributed by atoms with Gasteiger partial charge in [-0.05, 0) is 113 Å². The molecule has 67 heavy (non-hydrogen) atoms. The lowest BCUT2D eigenvalue weighted by Crippen LogP contribution is -2.59. The van der Waals surface area contributed by atoms with E-state index in [1.807, 2.05) is 98.5 Å². The number of H-pyrrole nitrogens is 1. The summed E-state index contributed by atoms with van der Waals surface area (Å²) in [6, 6.07) is 22.9. The molecule has 5 heterocycles. The average Bonchev–Trinajstić information content (AvgIpc) is 3.74. The first-order chi connectivity index (χ1) is 31.9. The fourth-order valence-corrected chi connectivity index (χ4v) is 9.44. The summed E-state index contributed by atoms with van der Waals surface area (Å²) in [5.74, 6) is -3.14. The third-order valence-electron chi connectivity index (χ3n) is 13.4. The number of nitrogens with zero attached hydrogens (tertiary/aromatic N) is 6. The number of pyridine rings is 1.